The van der Waals surface area contributed by atoms with Crippen LogP contribution >= 0.6 is 23.5 Å². The SMILES string of the molecule is COc1ccc(C(=O)NCSc2ccnc(SCNC(=O)c3ccc(OC)cc3)n2)cc1. The number of nitrogens with zero attached hydrogens (tertiary/aromatic N) is 2. The van der Waals surface area contributed by atoms with E-state index in [1.165, 1.54) is 23.5 Å². The van der Waals surface area contributed by atoms with Crippen LogP contribution < -0.4 is 20.1 Å². The summed E-state index contributed by atoms with van der Waals surface area (Å²) in [7, 11) is 3.15. The zero-order chi connectivity index (χ0) is 22.8. The molecule has 2 N–H and O–H groups in total. The zero-order valence-corrected chi connectivity index (χ0v) is 19.2. The third kappa shape index (κ3) is 6.89. The number of aromatic nitrogens is 2. The smallest absolute Gasteiger partial charge is 0.251 e. The Kier molecular flexibility index (Phi) is 8.76. The molecule has 0 atom stereocenters. The molecule has 0 aliphatic rings. The number of benzene rings is 2. The van der Waals surface area contributed by atoms with Crippen LogP contribution in [-0.2, 0) is 0 Å². The van der Waals surface area contributed by atoms with Gasteiger partial charge in [0.05, 0.1) is 26.0 Å². The lowest BCUT2D eigenvalue weighted by Gasteiger charge is -2.07. The topological polar surface area (TPSA) is 102 Å². The lowest BCUT2D eigenvalue weighted by atomic mass is 10.2. The number of ether oxygens (including phenoxy) is 2. The maximum atomic E-state index is 12.2. The van der Waals surface area contributed by atoms with Crippen LogP contribution in [0.1, 0.15) is 20.7 Å². The van der Waals surface area contributed by atoms with Crippen molar-refractivity contribution >= 4 is 35.3 Å². The van der Waals surface area contributed by atoms with E-state index in [-0.39, 0.29) is 11.8 Å². The van der Waals surface area contributed by atoms with Crippen LogP contribution in [0.15, 0.2) is 71.0 Å². The second kappa shape index (κ2) is 12.0. The molecule has 2 aromatic carbocycles. The van der Waals surface area contributed by atoms with Crippen molar-refractivity contribution < 1.29 is 19.1 Å². The Morgan fingerprint density at radius 3 is 1.78 bits per heavy atom. The van der Waals surface area contributed by atoms with Gasteiger partial charge < -0.3 is 20.1 Å². The molecule has 3 rings (SSSR count). The molecule has 0 spiro atoms. The van der Waals surface area contributed by atoms with Crippen LogP contribution in [0.2, 0.25) is 0 Å². The van der Waals surface area contributed by atoms with Gasteiger partial charge in [0.15, 0.2) is 5.16 Å². The molecule has 1 aromatic heterocycles. The third-order valence-electron chi connectivity index (χ3n) is 4.20. The Morgan fingerprint density at radius 2 is 1.28 bits per heavy atom. The number of hydrogen-bond acceptors (Lipinski definition) is 8. The number of rotatable bonds is 10. The Hall–Kier alpha value is -3.24. The van der Waals surface area contributed by atoms with E-state index in [0.29, 0.717) is 39.5 Å². The number of carbonyl (C=O) groups is 2. The highest BCUT2D eigenvalue weighted by molar-refractivity contribution is 7.99. The molecular formula is C22H22N4O4S2. The van der Waals surface area contributed by atoms with Crippen LogP contribution in [0.5, 0.6) is 11.5 Å². The van der Waals surface area contributed by atoms with Gasteiger partial charge in [0.2, 0.25) is 0 Å². The lowest BCUT2D eigenvalue weighted by molar-refractivity contribution is 0.0952. The maximum absolute atomic E-state index is 12.2. The van der Waals surface area contributed by atoms with Gasteiger partial charge in [-0.1, -0.05) is 23.5 Å². The van der Waals surface area contributed by atoms with Gasteiger partial charge >= 0.3 is 0 Å². The molecule has 0 unspecified atom stereocenters. The van der Waals surface area contributed by atoms with E-state index in [9.17, 15) is 9.59 Å². The minimum Gasteiger partial charge on any atom is -0.497 e. The van der Waals surface area contributed by atoms with Gasteiger partial charge in [0, 0.05) is 17.3 Å². The van der Waals surface area contributed by atoms with Crippen molar-refractivity contribution in [3.05, 3.63) is 71.9 Å². The van der Waals surface area contributed by atoms with Crippen LogP contribution in [0.4, 0.5) is 0 Å². The first-order chi connectivity index (χ1) is 15.6. The summed E-state index contributed by atoms with van der Waals surface area (Å²) in [6, 6.07) is 15.5. The van der Waals surface area contributed by atoms with Crippen molar-refractivity contribution in [2.75, 3.05) is 26.0 Å². The molecule has 0 saturated carbocycles. The maximum Gasteiger partial charge on any atom is 0.251 e. The van der Waals surface area contributed by atoms with E-state index in [0.717, 1.165) is 5.03 Å². The monoisotopic (exact) mass is 470 g/mol. The number of methoxy groups -OCH3 is 2. The van der Waals surface area contributed by atoms with Crippen LogP contribution in [0, 0.1) is 0 Å². The Labute approximate surface area is 194 Å². The first kappa shape index (κ1) is 23.4. The van der Waals surface area contributed by atoms with Gasteiger partial charge in [-0.3, -0.25) is 9.59 Å². The fourth-order valence-electron chi connectivity index (χ4n) is 2.51. The van der Waals surface area contributed by atoms with Gasteiger partial charge in [0.25, 0.3) is 11.8 Å². The minimum absolute atomic E-state index is 0.176. The Morgan fingerprint density at radius 1 is 0.781 bits per heavy atom. The summed E-state index contributed by atoms with van der Waals surface area (Å²) in [5.41, 5.74) is 1.10. The fraction of sp³-hybridized carbons (Fsp3) is 0.182. The van der Waals surface area contributed by atoms with E-state index < -0.39 is 0 Å². The molecule has 0 radical (unpaired) electrons. The van der Waals surface area contributed by atoms with Gasteiger partial charge in [-0.15, -0.1) is 0 Å². The highest BCUT2D eigenvalue weighted by Crippen LogP contribution is 2.18. The van der Waals surface area contributed by atoms with Gasteiger partial charge in [-0.25, -0.2) is 9.97 Å². The summed E-state index contributed by atoms with van der Waals surface area (Å²) in [6.07, 6.45) is 1.65. The van der Waals surface area contributed by atoms with Crippen molar-refractivity contribution in [3.63, 3.8) is 0 Å². The molecular weight excluding hydrogens is 448 g/mol. The lowest BCUT2D eigenvalue weighted by Crippen LogP contribution is -2.23. The first-order valence-corrected chi connectivity index (χ1v) is 11.5. The fourth-order valence-corrected chi connectivity index (χ4v) is 3.85. The molecule has 32 heavy (non-hydrogen) atoms. The summed E-state index contributed by atoms with van der Waals surface area (Å²) < 4.78 is 10.2. The predicted octanol–water partition coefficient (Wildman–Crippen LogP) is 3.45. The molecule has 0 aliphatic carbocycles. The number of amides is 2. The highest BCUT2D eigenvalue weighted by Gasteiger charge is 2.08. The summed E-state index contributed by atoms with van der Waals surface area (Å²) in [5, 5.41) is 6.91. The molecule has 8 nitrogen and oxygen atoms in total. The van der Waals surface area contributed by atoms with E-state index in [1.807, 2.05) is 0 Å². The van der Waals surface area contributed by atoms with Crippen LogP contribution in [0.25, 0.3) is 0 Å². The van der Waals surface area contributed by atoms with Crippen molar-refractivity contribution in [2.45, 2.75) is 10.2 Å². The molecule has 0 saturated heterocycles. The normalized spacial score (nSPS) is 10.3. The van der Waals surface area contributed by atoms with E-state index in [4.69, 9.17) is 9.47 Å². The molecule has 1 heterocycles. The Balaban J connectivity index is 1.43. The molecule has 0 aliphatic heterocycles. The van der Waals surface area contributed by atoms with E-state index in [2.05, 4.69) is 20.6 Å². The summed E-state index contributed by atoms with van der Waals surface area (Å²) in [6.45, 7) is 0. The average Bonchev–Trinajstić information content (AvgIpc) is 2.84. The molecule has 3 aromatic rings. The highest BCUT2D eigenvalue weighted by atomic mass is 32.2. The second-order valence-corrected chi connectivity index (χ2v) is 8.16. The molecule has 0 fully saturated rings. The summed E-state index contributed by atoms with van der Waals surface area (Å²) in [4.78, 5) is 33.1. The van der Waals surface area contributed by atoms with Crippen LogP contribution in [-0.4, -0.2) is 47.8 Å². The van der Waals surface area contributed by atoms with Crippen LogP contribution in [0.3, 0.4) is 0 Å². The molecule has 10 heteroatoms. The molecule has 166 valence electrons. The quantitative estimate of drug-likeness (QED) is 0.201. The van der Waals surface area contributed by atoms with Gasteiger partial charge in [0.1, 0.15) is 16.5 Å². The van der Waals surface area contributed by atoms with Gasteiger partial charge in [-0.2, -0.15) is 0 Å². The minimum atomic E-state index is -0.188. The second-order valence-electron chi connectivity index (χ2n) is 6.22. The zero-order valence-electron chi connectivity index (χ0n) is 17.5. The average molecular weight is 471 g/mol. The van der Waals surface area contributed by atoms with E-state index in [1.54, 1.807) is 75.0 Å². The van der Waals surface area contributed by atoms with Crippen molar-refractivity contribution in [2.24, 2.45) is 0 Å². The largest absolute Gasteiger partial charge is 0.497 e. The summed E-state index contributed by atoms with van der Waals surface area (Å²) >= 11 is 2.70. The standard InChI is InChI=1S/C22H22N4O4S2/c1-29-17-7-3-15(4-8-17)20(27)24-13-31-19-11-12-23-22(26-19)32-14-25-21(28)16-5-9-18(30-2)10-6-16/h3-12H,13-14H2,1-2H3,(H,24,27)(H,25,28). The molecule has 2 amide bonds. The van der Waals surface area contributed by atoms with Gasteiger partial charge in [-0.05, 0) is 54.6 Å². The number of nitrogens with one attached hydrogen (secondary N) is 2. The third-order valence-corrected chi connectivity index (χ3v) is 5.75. The summed E-state index contributed by atoms with van der Waals surface area (Å²) in [5.74, 6) is 1.71. The first-order valence-electron chi connectivity index (χ1n) is 9.52. The van der Waals surface area contributed by atoms with Crippen molar-refractivity contribution in [1.29, 1.82) is 0 Å². The van der Waals surface area contributed by atoms with Crippen molar-refractivity contribution in [1.82, 2.24) is 20.6 Å². The van der Waals surface area contributed by atoms with Crippen molar-refractivity contribution in [3.8, 4) is 11.5 Å². The Bertz CT molecular complexity index is 966. The number of thioether (sulfide) groups is 2. The molecule has 0 bridgehead atoms. The predicted molar refractivity (Wildman–Crippen MR) is 124 cm³/mol. The van der Waals surface area contributed by atoms with E-state index >= 15 is 0 Å². The number of carbonyl (C=O) groups excluding carboxylic acids is 2. The number of hydrogen-bond donors (Lipinski definition) is 2.